The van der Waals surface area contributed by atoms with Crippen molar-refractivity contribution in [3.8, 4) is 21.8 Å². The first-order chi connectivity index (χ1) is 10.9. The molecule has 0 bridgehead atoms. The van der Waals surface area contributed by atoms with Crippen molar-refractivity contribution in [2.75, 3.05) is 0 Å². The SMILES string of the molecule is FS(F)(F)(F)(F)c1ccc(-c2nc(-c3ccc(Br)cc3)cs2)cc1. The highest BCUT2D eigenvalue weighted by atomic mass is 79.9. The van der Waals surface area contributed by atoms with Gasteiger partial charge in [-0.1, -0.05) is 59.6 Å². The second-order valence-electron chi connectivity index (χ2n) is 5.04. The van der Waals surface area contributed by atoms with Gasteiger partial charge in [-0.25, -0.2) is 4.98 Å². The molecule has 0 fully saturated rings. The molecule has 0 amide bonds. The Labute approximate surface area is 147 Å². The lowest BCUT2D eigenvalue weighted by Crippen LogP contribution is -2.05. The molecule has 0 N–H and O–H groups in total. The van der Waals surface area contributed by atoms with Crippen molar-refractivity contribution < 1.29 is 19.4 Å². The predicted octanol–water partition coefficient (Wildman–Crippen LogP) is 7.90. The van der Waals surface area contributed by atoms with Crippen LogP contribution in [0, 0.1) is 0 Å². The fourth-order valence-corrected chi connectivity index (χ4v) is 3.76. The van der Waals surface area contributed by atoms with Crippen molar-refractivity contribution in [2.45, 2.75) is 4.90 Å². The van der Waals surface area contributed by atoms with Crippen LogP contribution in [0.5, 0.6) is 0 Å². The van der Waals surface area contributed by atoms with E-state index in [2.05, 4.69) is 20.9 Å². The number of benzene rings is 2. The molecule has 9 heteroatoms. The molecule has 3 rings (SSSR count). The quantitative estimate of drug-likeness (QED) is 0.376. The van der Waals surface area contributed by atoms with Crippen molar-refractivity contribution in [1.29, 1.82) is 0 Å². The topological polar surface area (TPSA) is 12.9 Å². The van der Waals surface area contributed by atoms with E-state index >= 15 is 0 Å². The normalized spacial score (nSPS) is 14.9. The monoisotopic (exact) mass is 441 g/mol. The summed E-state index contributed by atoms with van der Waals surface area (Å²) in [4.78, 5) is 2.45. The molecule has 0 atom stereocenters. The molecule has 3 aromatic rings. The summed E-state index contributed by atoms with van der Waals surface area (Å²) in [6, 6.07) is 10.2. The summed E-state index contributed by atoms with van der Waals surface area (Å²) in [6.07, 6.45) is 0. The fraction of sp³-hybridized carbons (Fsp3) is 0. The minimum Gasteiger partial charge on any atom is -0.236 e. The Balaban J connectivity index is 1.93. The first-order valence-corrected chi connectivity index (χ1v) is 10.1. The molecule has 24 heavy (non-hydrogen) atoms. The molecular formula is C15H9BrF5NS2. The zero-order valence-electron chi connectivity index (χ0n) is 11.7. The lowest BCUT2D eigenvalue weighted by molar-refractivity contribution is 0.364. The Morgan fingerprint density at radius 3 is 1.88 bits per heavy atom. The van der Waals surface area contributed by atoms with Gasteiger partial charge < -0.3 is 0 Å². The highest BCUT2D eigenvalue weighted by molar-refractivity contribution is 9.10. The maximum absolute atomic E-state index is 12.7. The number of rotatable bonds is 3. The maximum Gasteiger partial charge on any atom is 0.310 e. The van der Waals surface area contributed by atoms with Crippen molar-refractivity contribution in [3.05, 3.63) is 58.4 Å². The molecule has 0 aliphatic heterocycles. The molecule has 0 spiro atoms. The van der Waals surface area contributed by atoms with Gasteiger partial charge >= 0.3 is 10.2 Å². The van der Waals surface area contributed by atoms with E-state index in [0.717, 1.165) is 22.2 Å². The van der Waals surface area contributed by atoms with Crippen LogP contribution in [0.4, 0.5) is 19.4 Å². The van der Waals surface area contributed by atoms with Gasteiger partial charge in [0.05, 0.1) is 5.69 Å². The van der Waals surface area contributed by atoms with Crippen LogP contribution < -0.4 is 0 Å². The third-order valence-electron chi connectivity index (χ3n) is 3.19. The standard InChI is InChI=1S/C15H9BrF5NS2/c16-12-5-1-10(2-6-12)14-9-23-15(22-14)11-3-7-13(8-4-11)24(17,18,19,20)21/h1-9H. The number of thiazole rings is 1. The van der Waals surface area contributed by atoms with Gasteiger partial charge in [0.1, 0.15) is 9.90 Å². The van der Waals surface area contributed by atoms with Gasteiger partial charge in [0.15, 0.2) is 0 Å². The highest BCUT2D eigenvalue weighted by Crippen LogP contribution is 3.02. The molecule has 0 saturated carbocycles. The van der Waals surface area contributed by atoms with Gasteiger partial charge in [0.2, 0.25) is 0 Å². The summed E-state index contributed by atoms with van der Waals surface area (Å²) in [6.45, 7) is 0. The minimum atomic E-state index is -9.64. The van der Waals surface area contributed by atoms with E-state index in [0.29, 0.717) is 28.4 Å². The minimum absolute atomic E-state index is 0.356. The van der Waals surface area contributed by atoms with E-state index in [1.807, 2.05) is 24.3 Å². The number of nitrogens with zero attached hydrogens (tertiary/aromatic N) is 1. The Bertz CT molecular complexity index is 887. The van der Waals surface area contributed by atoms with Crippen LogP contribution in [-0.4, -0.2) is 4.98 Å². The van der Waals surface area contributed by atoms with Crippen LogP contribution in [0.2, 0.25) is 0 Å². The second-order valence-corrected chi connectivity index (χ2v) is 9.22. The van der Waals surface area contributed by atoms with Crippen LogP contribution in [0.15, 0.2) is 63.3 Å². The fourth-order valence-electron chi connectivity index (χ4n) is 2.01. The Hall–Kier alpha value is -1.45. The molecule has 128 valence electrons. The molecule has 0 radical (unpaired) electrons. The molecule has 2 aromatic carbocycles. The lowest BCUT2D eigenvalue weighted by Gasteiger charge is -2.40. The van der Waals surface area contributed by atoms with Gasteiger partial charge in [0.25, 0.3) is 0 Å². The van der Waals surface area contributed by atoms with E-state index < -0.39 is 15.1 Å². The van der Waals surface area contributed by atoms with Crippen molar-refractivity contribution in [3.63, 3.8) is 0 Å². The zero-order valence-corrected chi connectivity index (χ0v) is 14.9. The van der Waals surface area contributed by atoms with Crippen LogP contribution >= 0.6 is 37.5 Å². The molecule has 1 aromatic heterocycles. The van der Waals surface area contributed by atoms with Gasteiger partial charge in [-0.3, -0.25) is 0 Å². The Kier molecular flexibility index (Phi) is 3.64. The average molecular weight is 442 g/mol. The number of halogens is 6. The summed E-state index contributed by atoms with van der Waals surface area (Å²) < 4.78 is 64.5. The number of hydrogen-bond donors (Lipinski definition) is 0. The Morgan fingerprint density at radius 1 is 0.792 bits per heavy atom. The van der Waals surface area contributed by atoms with E-state index in [-0.39, 0.29) is 0 Å². The predicted molar refractivity (Wildman–Crippen MR) is 92.1 cm³/mol. The van der Waals surface area contributed by atoms with Gasteiger partial charge in [-0.2, -0.15) is 0 Å². The second kappa shape index (κ2) is 5.03. The smallest absolute Gasteiger partial charge is 0.236 e. The van der Waals surface area contributed by atoms with Crippen LogP contribution in [0.1, 0.15) is 0 Å². The molecule has 1 heterocycles. The Morgan fingerprint density at radius 2 is 1.33 bits per heavy atom. The molecule has 1 nitrogen and oxygen atoms in total. The van der Waals surface area contributed by atoms with Gasteiger partial charge in [0, 0.05) is 21.0 Å². The third kappa shape index (κ3) is 3.79. The van der Waals surface area contributed by atoms with E-state index in [4.69, 9.17) is 0 Å². The van der Waals surface area contributed by atoms with Crippen LogP contribution in [-0.2, 0) is 0 Å². The van der Waals surface area contributed by atoms with Crippen LogP contribution in [0.25, 0.3) is 21.8 Å². The largest absolute Gasteiger partial charge is 0.310 e. The first-order valence-electron chi connectivity index (χ1n) is 6.48. The van der Waals surface area contributed by atoms with E-state index in [1.54, 1.807) is 5.38 Å². The van der Waals surface area contributed by atoms with Gasteiger partial charge in [-0.05, 0) is 24.3 Å². The maximum atomic E-state index is 12.7. The highest BCUT2D eigenvalue weighted by Gasteiger charge is 2.65. The summed E-state index contributed by atoms with van der Waals surface area (Å²) in [7, 11) is -9.64. The van der Waals surface area contributed by atoms with Crippen molar-refractivity contribution in [1.82, 2.24) is 4.98 Å². The van der Waals surface area contributed by atoms with Crippen molar-refractivity contribution >= 4 is 37.5 Å². The molecule has 0 aliphatic rings. The summed E-state index contributed by atoms with van der Waals surface area (Å²) >= 11 is 4.55. The number of aromatic nitrogens is 1. The summed E-state index contributed by atoms with van der Waals surface area (Å²) in [5.74, 6) is 0. The number of hydrogen-bond acceptors (Lipinski definition) is 2. The molecule has 0 saturated heterocycles. The van der Waals surface area contributed by atoms with E-state index in [9.17, 15) is 19.4 Å². The van der Waals surface area contributed by atoms with Crippen molar-refractivity contribution in [2.24, 2.45) is 0 Å². The molecular weight excluding hydrogens is 433 g/mol. The third-order valence-corrected chi connectivity index (χ3v) is 5.77. The van der Waals surface area contributed by atoms with E-state index in [1.165, 1.54) is 11.3 Å². The summed E-state index contributed by atoms with van der Waals surface area (Å²) in [5, 5.41) is 2.22. The zero-order chi connectivity index (χ0) is 17.7. The first kappa shape index (κ1) is 17.4. The molecule has 0 aliphatic carbocycles. The average Bonchev–Trinajstić information content (AvgIpc) is 2.96. The summed E-state index contributed by atoms with van der Waals surface area (Å²) in [5.41, 5.74) is 1.87. The van der Waals surface area contributed by atoms with Crippen LogP contribution in [0.3, 0.4) is 0 Å². The lowest BCUT2D eigenvalue weighted by atomic mass is 10.2. The van der Waals surface area contributed by atoms with Gasteiger partial charge in [-0.15, -0.1) is 11.3 Å². The molecule has 0 unspecified atom stereocenters.